The van der Waals surface area contributed by atoms with Crippen LogP contribution in [-0.2, 0) is 9.53 Å². The van der Waals surface area contributed by atoms with Crippen LogP contribution in [0.4, 0.5) is 5.69 Å². The second kappa shape index (κ2) is 5.27. The number of nitrogens with one attached hydrogen (secondary N) is 1. The normalized spacial score (nSPS) is 20.5. The molecule has 0 bridgehead atoms. The molecule has 4 heteroatoms. The zero-order chi connectivity index (χ0) is 14.1. The summed E-state index contributed by atoms with van der Waals surface area (Å²) in [7, 11) is 0. The second-order valence-electron chi connectivity index (χ2n) is 4.80. The number of anilines is 1. The number of carbonyl (C=O) groups excluding carboxylic acids is 1. The maximum atomic E-state index is 12.0. The Kier molecular flexibility index (Phi) is 3.47. The molecule has 2 atom stereocenters. The van der Waals surface area contributed by atoms with Crippen molar-refractivity contribution >= 4 is 23.2 Å². The van der Waals surface area contributed by atoms with Crippen LogP contribution in [0, 0.1) is 0 Å². The van der Waals surface area contributed by atoms with Crippen LogP contribution in [0.1, 0.15) is 6.92 Å². The number of rotatable bonds is 3. The van der Waals surface area contributed by atoms with Crippen LogP contribution in [0.2, 0.25) is 5.02 Å². The van der Waals surface area contributed by atoms with E-state index in [9.17, 15) is 4.79 Å². The Balaban J connectivity index is 1.88. The summed E-state index contributed by atoms with van der Waals surface area (Å²) in [6.45, 7) is 1.88. The molecule has 1 aliphatic heterocycles. The number of para-hydroxylation sites is 1. The van der Waals surface area contributed by atoms with Crippen LogP contribution < -0.4 is 5.32 Å². The molecular weight excluding hydrogens is 274 g/mol. The largest absolute Gasteiger partial charge is 0.359 e. The minimum atomic E-state index is -0.326. The van der Waals surface area contributed by atoms with Gasteiger partial charge in [-0.05, 0) is 30.7 Å². The summed E-state index contributed by atoms with van der Waals surface area (Å²) >= 11 is 5.90. The molecule has 0 unspecified atom stereocenters. The van der Waals surface area contributed by atoms with E-state index in [1.54, 1.807) is 0 Å². The highest BCUT2D eigenvalue weighted by Crippen LogP contribution is 2.30. The SMILES string of the molecule is C[C@@H]1O[C@H]1C(=O)Nc1ccccc1-c1ccc(Cl)cc1. The van der Waals surface area contributed by atoms with Crippen molar-refractivity contribution in [1.82, 2.24) is 0 Å². The van der Waals surface area contributed by atoms with Gasteiger partial charge in [0.2, 0.25) is 0 Å². The first-order valence-electron chi connectivity index (χ1n) is 6.46. The van der Waals surface area contributed by atoms with E-state index in [0.29, 0.717) is 5.02 Å². The van der Waals surface area contributed by atoms with Crippen LogP contribution in [0.25, 0.3) is 11.1 Å². The molecule has 2 aromatic rings. The van der Waals surface area contributed by atoms with E-state index >= 15 is 0 Å². The summed E-state index contributed by atoms with van der Waals surface area (Å²) in [5.74, 6) is -0.0982. The molecule has 1 heterocycles. The van der Waals surface area contributed by atoms with Crippen molar-refractivity contribution in [2.45, 2.75) is 19.1 Å². The van der Waals surface area contributed by atoms with Crippen LogP contribution in [0.15, 0.2) is 48.5 Å². The highest BCUT2D eigenvalue weighted by molar-refractivity contribution is 6.30. The molecule has 0 aromatic heterocycles. The fourth-order valence-corrected chi connectivity index (χ4v) is 2.26. The van der Waals surface area contributed by atoms with Gasteiger partial charge in [0.05, 0.1) is 6.10 Å². The smallest absolute Gasteiger partial charge is 0.256 e. The minimum absolute atomic E-state index is 0.0118. The summed E-state index contributed by atoms with van der Waals surface area (Å²) in [5.41, 5.74) is 2.75. The van der Waals surface area contributed by atoms with E-state index in [1.165, 1.54) is 0 Å². The lowest BCUT2D eigenvalue weighted by Crippen LogP contribution is -2.19. The predicted octanol–water partition coefficient (Wildman–Crippen LogP) is 3.73. The van der Waals surface area contributed by atoms with Crippen molar-refractivity contribution in [2.24, 2.45) is 0 Å². The first-order valence-corrected chi connectivity index (χ1v) is 6.84. The highest BCUT2D eigenvalue weighted by Gasteiger charge is 2.41. The zero-order valence-electron chi connectivity index (χ0n) is 11.0. The average molecular weight is 288 g/mol. The maximum Gasteiger partial charge on any atom is 0.256 e. The van der Waals surface area contributed by atoms with Crippen molar-refractivity contribution in [3.8, 4) is 11.1 Å². The molecule has 2 aromatic carbocycles. The molecule has 102 valence electrons. The number of benzene rings is 2. The lowest BCUT2D eigenvalue weighted by atomic mass is 10.0. The molecule has 1 aliphatic rings. The van der Waals surface area contributed by atoms with E-state index in [1.807, 2.05) is 55.5 Å². The van der Waals surface area contributed by atoms with Crippen molar-refractivity contribution in [1.29, 1.82) is 0 Å². The third kappa shape index (κ3) is 2.69. The third-order valence-electron chi connectivity index (χ3n) is 3.31. The highest BCUT2D eigenvalue weighted by atomic mass is 35.5. The van der Waals surface area contributed by atoms with Gasteiger partial charge in [0.1, 0.15) is 0 Å². The number of ether oxygens (including phenoxy) is 1. The summed E-state index contributed by atoms with van der Waals surface area (Å²) in [6.07, 6.45) is -0.314. The van der Waals surface area contributed by atoms with Gasteiger partial charge in [0, 0.05) is 16.3 Å². The number of hydrogen-bond acceptors (Lipinski definition) is 2. The van der Waals surface area contributed by atoms with E-state index < -0.39 is 0 Å². The molecule has 1 fully saturated rings. The monoisotopic (exact) mass is 287 g/mol. The number of hydrogen-bond donors (Lipinski definition) is 1. The summed E-state index contributed by atoms with van der Waals surface area (Å²) in [4.78, 5) is 12.0. The zero-order valence-corrected chi connectivity index (χ0v) is 11.7. The molecule has 0 saturated carbocycles. The van der Waals surface area contributed by atoms with Crippen molar-refractivity contribution in [2.75, 3.05) is 5.32 Å². The van der Waals surface area contributed by atoms with Crippen LogP contribution in [-0.4, -0.2) is 18.1 Å². The van der Waals surface area contributed by atoms with E-state index in [0.717, 1.165) is 16.8 Å². The number of halogens is 1. The first-order chi connectivity index (χ1) is 9.65. The molecule has 0 radical (unpaired) electrons. The van der Waals surface area contributed by atoms with Crippen molar-refractivity contribution in [3.63, 3.8) is 0 Å². The molecule has 20 heavy (non-hydrogen) atoms. The van der Waals surface area contributed by atoms with Gasteiger partial charge in [-0.15, -0.1) is 0 Å². The van der Waals surface area contributed by atoms with Crippen molar-refractivity contribution in [3.05, 3.63) is 53.6 Å². The summed E-state index contributed by atoms with van der Waals surface area (Å²) in [5, 5.41) is 3.61. The summed E-state index contributed by atoms with van der Waals surface area (Å²) in [6, 6.07) is 15.2. The Morgan fingerprint density at radius 1 is 1.15 bits per heavy atom. The second-order valence-corrected chi connectivity index (χ2v) is 5.24. The van der Waals surface area contributed by atoms with Crippen LogP contribution >= 0.6 is 11.6 Å². The molecule has 3 nitrogen and oxygen atoms in total. The van der Waals surface area contributed by atoms with Crippen LogP contribution in [0.3, 0.4) is 0 Å². The molecule has 0 aliphatic carbocycles. The van der Waals surface area contributed by atoms with E-state index in [-0.39, 0.29) is 18.1 Å². The minimum Gasteiger partial charge on any atom is -0.359 e. The van der Waals surface area contributed by atoms with Gasteiger partial charge < -0.3 is 10.1 Å². The number of amides is 1. The van der Waals surface area contributed by atoms with Gasteiger partial charge in [-0.2, -0.15) is 0 Å². The molecule has 3 rings (SSSR count). The lowest BCUT2D eigenvalue weighted by Gasteiger charge is -2.10. The standard InChI is InChI=1S/C16H14ClNO2/c1-10-15(20-10)16(19)18-14-5-3-2-4-13(14)11-6-8-12(17)9-7-11/h2-10,15H,1H3,(H,18,19)/t10-,15+/m0/s1. The van der Waals surface area contributed by atoms with E-state index in [2.05, 4.69) is 5.32 Å². The molecule has 0 spiro atoms. The van der Waals surface area contributed by atoms with Gasteiger partial charge in [-0.1, -0.05) is 41.9 Å². The van der Waals surface area contributed by atoms with Gasteiger partial charge in [-0.25, -0.2) is 0 Å². The number of epoxide rings is 1. The lowest BCUT2D eigenvalue weighted by molar-refractivity contribution is -0.117. The van der Waals surface area contributed by atoms with Crippen molar-refractivity contribution < 1.29 is 9.53 Å². The third-order valence-corrected chi connectivity index (χ3v) is 3.56. The van der Waals surface area contributed by atoms with Gasteiger partial charge in [0.25, 0.3) is 5.91 Å². The van der Waals surface area contributed by atoms with Gasteiger partial charge in [0.15, 0.2) is 6.10 Å². The Bertz CT molecular complexity index is 639. The molecule has 1 saturated heterocycles. The maximum absolute atomic E-state index is 12.0. The average Bonchev–Trinajstić information content (AvgIpc) is 3.18. The van der Waals surface area contributed by atoms with Crippen LogP contribution in [0.5, 0.6) is 0 Å². The molecule has 1 N–H and O–H groups in total. The Morgan fingerprint density at radius 3 is 2.45 bits per heavy atom. The topological polar surface area (TPSA) is 41.6 Å². The fraction of sp³-hybridized carbons (Fsp3) is 0.188. The Labute approximate surface area is 122 Å². The van der Waals surface area contributed by atoms with Gasteiger partial charge >= 0.3 is 0 Å². The Hall–Kier alpha value is -1.84. The molecule has 1 amide bonds. The summed E-state index contributed by atoms with van der Waals surface area (Å²) < 4.78 is 5.18. The number of carbonyl (C=O) groups is 1. The predicted molar refractivity (Wildman–Crippen MR) is 79.9 cm³/mol. The van der Waals surface area contributed by atoms with Gasteiger partial charge in [-0.3, -0.25) is 4.79 Å². The first kappa shape index (κ1) is 13.2. The quantitative estimate of drug-likeness (QED) is 0.874. The van der Waals surface area contributed by atoms with E-state index in [4.69, 9.17) is 16.3 Å². The fourth-order valence-electron chi connectivity index (χ4n) is 2.14. The Morgan fingerprint density at radius 2 is 1.80 bits per heavy atom. The molecular formula is C16H14ClNO2.